The van der Waals surface area contributed by atoms with Crippen molar-refractivity contribution >= 4 is 22.4 Å². The predicted molar refractivity (Wildman–Crippen MR) is 64.2 cm³/mol. The van der Waals surface area contributed by atoms with Crippen LogP contribution in [0.4, 0.5) is 0 Å². The molecule has 1 aromatic rings. The van der Waals surface area contributed by atoms with Crippen LogP contribution in [0.2, 0.25) is 7.87 Å². The number of hydrogen-bond acceptors (Lipinski definition) is 1. The van der Waals surface area contributed by atoms with Gasteiger partial charge in [-0.3, -0.25) is 0 Å². The van der Waals surface area contributed by atoms with Gasteiger partial charge in [0.2, 0.25) is 0 Å². The summed E-state index contributed by atoms with van der Waals surface area (Å²) in [5.41, 5.74) is 0. The van der Waals surface area contributed by atoms with Gasteiger partial charge in [-0.15, -0.1) is 0 Å². The first-order valence-electron chi connectivity index (χ1n) is 5.19. The summed E-state index contributed by atoms with van der Waals surface area (Å²) in [6, 6.07) is 10.2. The molecule has 0 bridgehead atoms. The molecule has 0 saturated carbocycles. The van der Waals surface area contributed by atoms with E-state index in [0.29, 0.717) is 0 Å². The standard InChI is InChI=1S/C6H5.C4H9.C2H5.H2O.Sn/c1-2-4-6-5-3-1;1-4(2)3;1-2;;/h1-5H;1-3H3;1H2,2H3;1H2;/q;;;;+1/p-1. The zero-order valence-corrected chi connectivity index (χ0v) is 12.4. The first-order valence-corrected chi connectivity index (χ1v) is 11.3. The van der Waals surface area contributed by atoms with Crippen LogP contribution in [0.1, 0.15) is 27.7 Å². The zero-order valence-electron chi connectivity index (χ0n) is 9.54. The number of hydrogen-bond donors (Lipinski definition) is 1. The van der Waals surface area contributed by atoms with E-state index in [1.807, 2.05) is 18.2 Å². The molecule has 78 valence electrons. The van der Waals surface area contributed by atoms with E-state index in [9.17, 15) is 3.44 Å². The van der Waals surface area contributed by atoms with E-state index >= 15 is 0 Å². The summed E-state index contributed by atoms with van der Waals surface area (Å²) >= 11 is -3.11. The Labute approximate surface area is 91.6 Å². The van der Waals surface area contributed by atoms with Crippen molar-refractivity contribution in [3.8, 4) is 0 Å². The molecule has 0 radical (unpaired) electrons. The van der Waals surface area contributed by atoms with Gasteiger partial charge in [0, 0.05) is 0 Å². The van der Waals surface area contributed by atoms with E-state index in [-0.39, 0.29) is 3.43 Å². The molecular formula is C12H20OSn. The van der Waals surface area contributed by atoms with Crippen molar-refractivity contribution in [3.63, 3.8) is 0 Å². The molecule has 0 aliphatic carbocycles. The fraction of sp³-hybridized carbons (Fsp3) is 0.500. The molecule has 0 amide bonds. The van der Waals surface area contributed by atoms with E-state index in [4.69, 9.17) is 0 Å². The molecule has 0 aliphatic rings. The Morgan fingerprint density at radius 3 is 2.00 bits per heavy atom. The van der Waals surface area contributed by atoms with Crippen LogP contribution < -0.4 is 3.58 Å². The average Bonchev–Trinajstić information content (AvgIpc) is 2.16. The molecule has 0 aliphatic heterocycles. The van der Waals surface area contributed by atoms with Crippen LogP contribution in [0.15, 0.2) is 30.3 Å². The maximum absolute atomic E-state index is 10.8. The Morgan fingerprint density at radius 1 is 1.14 bits per heavy atom. The first kappa shape index (κ1) is 12.1. The van der Waals surface area contributed by atoms with Gasteiger partial charge < -0.3 is 0 Å². The average molecular weight is 299 g/mol. The minimum absolute atomic E-state index is 0.0742. The van der Waals surface area contributed by atoms with Crippen LogP contribution in [-0.2, 0) is 0 Å². The van der Waals surface area contributed by atoms with E-state index in [0.717, 1.165) is 4.44 Å². The fourth-order valence-electron chi connectivity index (χ4n) is 1.88. The molecule has 1 atom stereocenters. The molecule has 1 aromatic carbocycles. The maximum atomic E-state index is 10.8. The van der Waals surface area contributed by atoms with Crippen LogP contribution in [-0.4, -0.2) is 22.2 Å². The van der Waals surface area contributed by atoms with Crippen molar-refractivity contribution < 1.29 is 3.44 Å². The van der Waals surface area contributed by atoms with Gasteiger partial charge in [0.25, 0.3) is 0 Å². The van der Waals surface area contributed by atoms with E-state index < -0.39 is 18.8 Å². The van der Waals surface area contributed by atoms with E-state index in [2.05, 4.69) is 39.8 Å². The van der Waals surface area contributed by atoms with Gasteiger partial charge in [-0.05, 0) is 0 Å². The Kier molecular flexibility index (Phi) is 3.64. The number of rotatable bonds is 2. The summed E-state index contributed by atoms with van der Waals surface area (Å²) in [7, 11) is 0. The summed E-state index contributed by atoms with van der Waals surface area (Å²) in [6.07, 6.45) is 0. The van der Waals surface area contributed by atoms with Crippen LogP contribution >= 0.6 is 0 Å². The van der Waals surface area contributed by atoms with Crippen molar-refractivity contribution in [3.05, 3.63) is 30.3 Å². The molecule has 14 heavy (non-hydrogen) atoms. The summed E-state index contributed by atoms with van der Waals surface area (Å²) in [5.74, 6) is 0. The van der Waals surface area contributed by atoms with Gasteiger partial charge in [-0.1, -0.05) is 0 Å². The van der Waals surface area contributed by atoms with Crippen LogP contribution in [0.3, 0.4) is 0 Å². The van der Waals surface area contributed by atoms with Gasteiger partial charge in [0.1, 0.15) is 0 Å². The molecule has 0 aromatic heterocycles. The number of benzene rings is 1. The molecular weight excluding hydrogens is 279 g/mol. The van der Waals surface area contributed by atoms with Crippen molar-refractivity contribution in [2.24, 2.45) is 0 Å². The van der Waals surface area contributed by atoms with Crippen molar-refractivity contribution in [2.75, 3.05) is 0 Å². The van der Waals surface area contributed by atoms with Crippen LogP contribution in [0, 0.1) is 0 Å². The Hall–Kier alpha value is -0.0213. The molecule has 2 heteroatoms. The van der Waals surface area contributed by atoms with Gasteiger partial charge in [0.05, 0.1) is 0 Å². The summed E-state index contributed by atoms with van der Waals surface area (Å²) in [6.45, 7) is 8.62. The third kappa shape index (κ3) is 2.14. The summed E-state index contributed by atoms with van der Waals surface area (Å²) in [4.78, 5) is 0. The van der Waals surface area contributed by atoms with Crippen LogP contribution in [0.5, 0.6) is 0 Å². The second kappa shape index (κ2) is 4.23. The van der Waals surface area contributed by atoms with Crippen molar-refractivity contribution in [2.45, 2.75) is 35.6 Å². The fourth-order valence-corrected chi connectivity index (χ4v) is 10.7. The van der Waals surface area contributed by atoms with Gasteiger partial charge >= 0.3 is 91.7 Å². The molecule has 1 unspecified atom stereocenters. The Morgan fingerprint density at radius 2 is 1.64 bits per heavy atom. The second-order valence-electron chi connectivity index (χ2n) is 4.83. The molecule has 0 saturated heterocycles. The topological polar surface area (TPSA) is 20.2 Å². The normalized spacial score (nSPS) is 16.4. The monoisotopic (exact) mass is 300 g/mol. The summed E-state index contributed by atoms with van der Waals surface area (Å²) in [5, 5.41) is 0. The molecule has 0 spiro atoms. The van der Waals surface area contributed by atoms with Gasteiger partial charge in [-0.2, -0.15) is 0 Å². The first-order chi connectivity index (χ1) is 6.42. The molecule has 1 N–H and O–H groups in total. The summed E-state index contributed by atoms with van der Waals surface area (Å²) < 4.78 is 13.1. The third-order valence-corrected chi connectivity index (χ3v) is 16.7. The Bertz CT molecular complexity index is 289. The molecule has 1 rings (SSSR count). The molecule has 0 heterocycles. The van der Waals surface area contributed by atoms with Gasteiger partial charge in [-0.25, -0.2) is 0 Å². The second-order valence-corrected chi connectivity index (χ2v) is 17.7. The SMILES string of the molecule is C[CH2][Sn]([OH])([c]1ccccc1)[C](C)(C)C. The zero-order chi connectivity index (χ0) is 10.8. The van der Waals surface area contributed by atoms with E-state index in [1.54, 1.807) is 0 Å². The Balaban J connectivity index is 3.15. The predicted octanol–water partition coefficient (Wildman–Crippen LogP) is 2.65. The quantitative estimate of drug-likeness (QED) is 0.832. The van der Waals surface area contributed by atoms with Gasteiger partial charge in [0.15, 0.2) is 0 Å². The van der Waals surface area contributed by atoms with E-state index in [1.165, 1.54) is 3.58 Å². The minimum atomic E-state index is -3.11. The third-order valence-electron chi connectivity index (χ3n) is 3.00. The van der Waals surface area contributed by atoms with Crippen molar-refractivity contribution in [1.82, 2.24) is 0 Å². The molecule has 1 nitrogen and oxygen atoms in total. The van der Waals surface area contributed by atoms with Crippen molar-refractivity contribution in [1.29, 1.82) is 0 Å². The molecule has 0 fully saturated rings. The van der Waals surface area contributed by atoms with Crippen LogP contribution in [0.25, 0.3) is 0 Å².